The van der Waals surface area contributed by atoms with Crippen molar-refractivity contribution in [2.45, 2.75) is 26.8 Å². The average Bonchev–Trinajstić information content (AvgIpc) is 2.57. The maximum atomic E-state index is 14.2. The summed E-state index contributed by atoms with van der Waals surface area (Å²) in [5.74, 6) is -0.287. The van der Waals surface area contributed by atoms with E-state index in [2.05, 4.69) is 10.3 Å². The summed E-state index contributed by atoms with van der Waals surface area (Å²) in [6, 6.07) is 5.98. The number of benzene rings is 1. The molecule has 2 rings (SSSR count). The van der Waals surface area contributed by atoms with E-state index in [1.54, 1.807) is 25.3 Å². The Morgan fingerprint density at radius 1 is 1.42 bits per heavy atom. The summed E-state index contributed by atoms with van der Waals surface area (Å²) in [5, 5.41) is 2.85. The number of carbonyl (C=O) groups is 1. The Bertz CT molecular complexity index is 771. The zero-order chi connectivity index (χ0) is 19.1. The van der Waals surface area contributed by atoms with Crippen molar-refractivity contribution in [3.05, 3.63) is 52.9 Å². The first-order chi connectivity index (χ1) is 12.4. The number of aromatic nitrogens is 1. The van der Waals surface area contributed by atoms with Gasteiger partial charge in [-0.1, -0.05) is 23.8 Å². The molecule has 138 valence electrons. The Labute approximate surface area is 156 Å². The number of carbonyl (C=O) groups excluding carboxylic acids is 1. The first-order valence-corrected chi connectivity index (χ1v) is 8.48. The molecule has 26 heavy (non-hydrogen) atoms. The number of pyridine rings is 1. The SMILES string of the molecule is CCOc1cc(F)c(Oc2ccc(/C=C/[C@H](C)NC(C)=O)cn2)c(Cl)c1. The predicted molar refractivity (Wildman–Crippen MR) is 99.2 cm³/mol. The molecule has 0 aliphatic heterocycles. The minimum absolute atomic E-state index is 0.0971. The maximum absolute atomic E-state index is 14.2. The van der Waals surface area contributed by atoms with Crippen molar-refractivity contribution in [3.8, 4) is 17.4 Å². The third kappa shape index (κ3) is 5.74. The molecule has 2 aromatic rings. The van der Waals surface area contributed by atoms with Gasteiger partial charge in [0.25, 0.3) is 0 Å². The van der Waals surface area contributed by atoms with Gasteiger partial charge in [0.05, 0.1) is 11.6 Å². The normalized spacial score (nSPS) is 12.0. The van der Waals surface area contributed by atoms with Crippen LogP contribution >= 0.6 is 11.6 Å². The molecule has 0 saturated heterocycles. The van der Waals surface area contributed by atoms with E-state index in [9.17, 15) is 9.18 Å². The van der Waals surface area contributed by atoms with Crippen molar-refractivity contribution < 1.29 is 18.7 Å². The summed E-state index contributed by atoms with van der Waals surface area (Å²) in [7, 11) is 0. The largest absolute Gasteiger partial charge is 0.494 e. The van der Waals surface area contributed by atoms with E-state index < -0.39 is 5.82 Å². The second kappa shape index (κ2) is 9.20. The molecular weight excluding hydrogens is 359 g/mol. The van der Waals surface area contributed by atoms with Crippen molar-refractivity contribution in [1.82, 2.24) is 10.3 Å². The van der Waals surface area contributed by atoms with Gasteiger partial charge in [0.1, 0.15) is 5.75 Å². The van der Waals surface area contributed by atoms with E-state index in [-0.39, 0.29) is 28.6 Å². The molecule has 1 amide bonds. The van der Waals surface area contributed by atoms with Crippen LogP contribution in [0.1, 0.15) is 26.3 Å². The van der Waals surface area contributed by atoms with Crippen LogP contribution in [0, 0.1) is 5.82 Å². The molecule has 1 heterocycles. The quantitative estimate of drug-likeness (QED) is 0.764. The second-order valence-corrected chi connectivity index (χ2v) is 5.94. The third-order valence-corrected chi connectivity index (χ3v) is 3.54. The monoisotopic (exact) mass is 378 g/mol. The van der Waals surface area contributed by atoms with Gasteiger partial charge in [-0.05, 0) is 25.5 Å². The number of ether oxygens (including phenoxy) is 2. The number of hydrogen-bond donors (Lipinski definition) is 1. The van der Waals surface area contributed by atoms with Gasteiger partial charge in [0, 0.05) is 37.4 Å². The summed E-state index contributed by atoms with van der Waals surface area (Å²) in [6.45, 7) is 5.53. The summed E-state index contributed by atoms with van der Waals surface area (Å²) in [4.78, 5) is 15.1. The second-order valence-electron chi connectivity index (χ2n) is 5.53. The molecule has 1 atom stereocenters. The number of nitrogens with one attached hydrogen (secondary N) is 1. The van der Waals surface area contributed by atoms with Crippen LogP contribution in [0.25, 0.3) is 6.08 Å². The van der Waals surface area contributed by atoms with E-state index in [4.69, 9.17) is 21.1 Å². The molecule has 0 spiro atoms. The number of rotatable bonds is 7. The lowest BCUT2D eigenvalue weighted by Crippen LogP contribution is -2.28. The molecule has 0 aliphatic rings. The van der Waals surface area contributed by atoms with Gasteiger partial charge in [-0.2, -0.15) is 0 Å². The fraction of sp³-hybridized carbons (Fsp3) is 0.263. The van der Waals surface area contributed by atoms with Crippen LogP contribution in [0.2, 0.25) is 5.02 Å². The Kier molecular flexibility index (Phi) is 6.97. The lowest BCUT2D eigenvalue weighted by atomic mass is 10.2. The van der Waals surface area contributed by atoms with Gasteiger partial charge in [-0.15, -0.1) is 0 Å². The Hall–Kier alpha value is -2.60. The van der Waals surface area contributed by atoms with Gasteiger partial charge in [-0.25, -0.2) is 9.37 Å². The highest BCUT2D eigenvalue weighted by Crippen LogP contribution is 2.35. The van der Waals surface area contributed by atoms with Crippen molar-refractivity contribution in [1.29, 1.82) is 0 Å². The summed E-state index contributed by atoms with van der Waals surface area (Å²) in [5.41, 5.74) is 0.813. The van der Waals surface area contributed by atoms with Crippen LogP contribution in [-0.2, 0) is 4.79 Å². The zero-order valence-corrected chi connectivity index (χ0v) is 15.5. The zero-order valence-electron chi connectivity index (χ0n) is 14.8. The molecule has 0 bridgehead atoms. The molecular formula is C19H20ClFN2O3. The lowest BCUT2D eigenvalue weighted by molar-refractivity contribution is -0.119. The lowest BCUT2D eigenvalue weighted by Gasteiger charge is -2.10. The topological polar surface area (TPSA) is 60.5 Å². The Morgan fingerprint density at radius 2 is 2.19 bits per heavy atom. The van der Waals surface area contributed by atoms with Crippen LogP contribution in [0.4, 0.5) is 4.39 Å². The van der Waals surface area contributed by atoms with Gasteiger partial charge < -0.3 is 14.8 Å². The third-order valence-electron chi connectivity index (χ3n) is 3.26. The Morgan fingerprint density at radius 3 is 2.77 bits per heavy atom. The van der Waals surface area contributed by atoms with Crippen LogP contribution < -0.4 is 14.8 Å². The van der Waals surface area contributed by atoms with Gasteiger partial charge in [0.15, 0.2) is 11.6 Å². The molecule has 1 aromatic heterocycles. The smallest absolute Gasteiger partial charge is 0.219 e. The van der Waals surface area contributed by atoms with Crippen molar-refractivity contribution >= 4 is 23.6 Å². The minimum atomic E-state index is -0.629. The molecule has 0 radical (unpaired) electrons. The van der Waals surface area contributed by atoms with E-state index >= 15 is 0 Å². The fourth-order valence-corrected chi connectivity index (χ4v) is 2.40. The van der Waals surface area contributed by atoms with Crippen LogP contribution in [0.15, 0.2) is 36.5 Å². The molecule has 1 N–H and O–H groups in total. The number of halogens is 2. The standard InChI is InChI=1S/C19H20ClFN2O3/c1-4-25-15-9-16(20)19(17(21)10-15)26-18-8-7-14(11-22-18)6-5-12(2)23-13(3)24/h5-12H,4H2,1-3H3,(H,23,24)/b6-5+/t12-/m0/s1. The number of hydrogen-bond acceptors (Lipinski definition) is 4. The van der Waals surface area contributed by atoms with Crippen molar-refractivity contribution in [2.75, 3.05) is 6.61 Å². The first-order valence-electron chi connectivity index (χ1n) is 8.10. The Balaban J connectivity index is 2.08. The highest BCUT2D eigenvalue weighted by molar-refractivity contribution is 6.32. The maximum Gasteiger partial charge on any atom is 0.219 e. The summed E-state index contributed by atoms with van der Waals surface area (Å²) in [6.07, 6.45) is 5.23. The van der Waals surface area contributed by atoms with E-state index in [0.29, 0.717) is 12.4 Å². The fourth-order valence-electron chi connectivity index (χ4n) is 2.16. The van der Waals surface area contributed by atoms with E-state index in [1.807, 2.05) is 19.1 Å². The van der Waals surface area contributed by atoms with Crippen molar-refractivity contribution in [2.24, 2.45) is 0 Å². The van der Waals surface area contributed by atoms with Crippen LogP contribution in [0.5, 0.6) is 17.4 Å². The van der Waals surface area contributed by atoms with Crippen LogP contribution in [-0.4, -0.2) is 23.5 Å². The van der Waals surface area contributed by atoms with Gasteiger partial charge in [0.2, 0.25) is 11.8 Å². The first kappa shape index (κ1) is 19.7. The highest BCUT2D eigenvalue weighted by Gasteiger charge is 2.13. The molecule has 0 saturated carbocycles. The predicted octanol–water partition coefficient (Wildman–Crippen LogP) is 4.60. The molecule has 0 fully saturated rings. The molecule has 0 aliphatic carbocycles. The highest BCUT2D eigenvalue weighted by atomic mass is 35.5. The minimum Gasteiger partial charge on any atom is -0.494 e. The molecule has 5 nitrogen and oxygen atoms in total. The average molecular weight is 379 g/mol. The van der Waals surface area contributed by atoms with E-state index in [1.165, 1.54) is 19.1 Å². The summed E-state index contributed by atoms with van der Waals surface area (Å²) >= 11 is 6.06. The molecule has 7 heteroatoms. The van der Waals surface area contributed by atoms with E-state index in [0.717, 1.165) is 5.56 Å². The van der Waals surface area contributed by atoms with Gasteiger partial charge in [-0.3, -0.25) is 4.79 Å². The number of nitrogens with zero attached hydrogens (tertiary/aromatic N) is 1. The number of amides is 1. The summed E-state index contributed by atoms with van der Waals surface area (Å²) < 4.78 is 24.8. The van der Waals surface area contributed by atoms with Gasteiger partial charge >= 0.3 is 0 Å². The van der Waals surface area contributed by atoms with Crippen molar-refractivity contribution in [3.63, 3.8) is 0 Å². The molecule has 0 unspecified atom stereocenters. The molecule has 1 aromatic carbocycles. The van der Waals surface area contributed by atoms with Crippen LogP contribution in [0.3, 0.4) is 0 Å².